The molecule has 3 heterocycles. The molecule has 3 aliphatic heterocycles. The van der Waals surface area contributed by atoms with Crippen molar-refractivity contribution in [3.05, 3.63) is 0 Å². The molecule has 3 fully saturated rings. The minimum atomic E-state index is -1.81. The molecule has 0 saturated carbocycles. The second kappa shape index (κ2) is 12.2. The summed E-state index contributed by atoms with van der Waals surface area (Å²) in [6, 6.07) is -1.10. The van der Waals surface area contributed by atoms with Crippen molar-refractivity contribution in [1.82, 2.24) is 5.32 Å². The molecule has 3 aliphatic rings. The maximum absolute atomic E-state index is 11.7. The molecule has 1 unspecified atom stereocenters. The number of hydrogen-bond donors (Lipinski definition) is 9. The van der Waals surface area contributed by atoms with E-state index in [0.717, 1.165) is 0 Å². The van der Waals surface area contributed by atoms with E-state index in [4.69, 9.17) is 23.7 Å². The van der Waals surface area contributed by atoms with Gasteiger partial charge < -0.3 is 69.9 Å². The van der Waals surface area contributed by atoms with Gasteiger partial charge in [0.1, 0.15) is 48.8 Å². The van der Waals surface area contributed by atoms with E-state index < -0.39 is 105 Å². The van der Waals surface area contributed by atoms with Crippen LogP contribution in [0.15, 0.2) is 0 Å². The number of ether oxygens (including phenoxy) is 5. The normalized spacial score (nSPS) is 48.9. The number of nitrogens with one attached hydrogen (secondary N) is 1. The lowest BCUT2D eigenvalue weighted by Crippen LogP contribution is -2.65. The highest BCUT2D eigenvalue weighted by molar-refractivity contribution is 5.73. The molecule has 9 N–H and O–H groups in total. The van der Waals surface area contributed by atoms with Gasteiger partial charge in [0.2, 0.25) is 5.91 Å². The molecule has 3 rings (SSSR count). The molecule has 210 valence electrons. The highest BCUT2D eigenvalue weighted by Gasteiger charge is 2.51. The summed E-state index contributed by atoms with van der Waals surface area (Å²) in [7, 11) is 0. The number of carbonyl (C=O) groups is 1. The van der Waals surface area contributed by atoms with Crippen molar-refractivity contribution in [2.45, 2.75) is 119 Å². The predicted octanol–water partition coefficient (Wildman–Crippen LogP) is -4.98. The van der Waals surface area contributed by atoms with Crippen LogP contribution in [-0.2, 0) is 28.5 Å². The summed E-state index contributed by atoms with van der Waals surface area (Å²) >= 11 is 0. The van der Waals surface area contributed by atoms with Crippen molar-refractivity contribution in [3.63, 3.8) is 0 Å². The molecule has 3 saturated heterocycles. The predicted molar refractivity (Wildman–Crippen MR) is 115 cm³/mol. The van der Waals surface area contributed by atoms with Crippen LogP contribution in [-0.4, -0.2) is 145 Å². The van der Waals surface area contributed by atoms with Crippen LogP contribution in [0.1, 0.15) is 27.2 Å². The van der Waals surface area contributed by atoms with Gasteiger partial charge in [-0.05, 0) is 13.8 Å². The van der Waals surface area contributed by atoms with Crippen LogP contribution in [0.3, 0.4) is 0 Å². The van der Waals surface area contributed by atoms with Crippen molar-refractivity contribution in [3.8, 4) is 0 Å². The molecular weight excluding hydrogens is 490 g/mol. The number of aliphatic hydroxyl groups is 8. The van der Waals surface area contributed by atoms with E-state index in [1.165, 1.54) is 20.8 Å². The van der Waals surface area contributed by atoms with Crippen molar-refractivity contribution in [2.75, 3.05) is 6.61 Å². The van der Waals surface area contributed by atoms with E-state index in [1.54, 1.807) is 0 Å². The van der Waals surface area contributed by atoms with Crippen LogP contribution in [0.4, 0.5) is 0 Å². The molecule has 0 radical (unpaired) electrons. The van der Waals surface area contributed by atoms with E-state index in [0.29, 0.717) is 0 Å². The van der Waals surface area contributed by atoms with Crippen molar-refractivity contribution < 1.29 is 69.3 Å². The Morgan fingerprint density at radius 3 is 2.22 bits per heavy atom. The zero-order valence-electron chi connectivity index (χ0n) is 20.1. The zero-order valence-corrected chi connectivity index (χ0v) is 20.1. The molecule has 15 heteroatoms. The largest absolute Gasteiger partial charge is 0.394 e. The standard InChI is InChI=1S/C21H37NO14/c1-6-12(26)14(28)18(36-20-11(22-8(3)24)10(25)4-9(5-23)34-20)21(32-6)33-7(2)17-15(29)13(27)16(30)19(31)35-17/h6-7,9-21,23,25-31H,4-5H2,1-3H3,(H,22,24)/t6-,7-,9+,10+,11-,12-,13+,14+,15+,16-,17-,18+,19?,20+,21-/m1/s1. The molecule has 0 aliphatic carbocycles. The third-order valence-corrected chi connectivity index (χ3v) is 6.62. The molecule has 0 bridgehead atoms. The minimum Gasteiger partial charge on any atom is -0.394 e. The average Bonchev–Trinajstić information content (AvgIpc) is 2.82. The molecule has 0 aromatic rings. The van der Waals surface area contributed by atoms with Gasteiger partial charge in [0.05, 0.1) is 31.0 Å². The van der Waals surface area contributed by atoms with E-state index >= 15 is 0 Å². The molecule has 0 aromatic heterocycles. The number of rotatable bonds is 7. The van der Waals surface area contributed by atoms with Crippen LogP contribution in [0.25, 0.3) is 0 Å². The first-order valence-electron chi connectivity index (χ1n) is 11.8. The Morgan fingerprint density at radius 2 is 1.61 bits per heavy atom. The fourth-order valence-electron chi connectivity index (χ4n) is 4.54. The van der Waals surface area contributed by atoms with E-state index in [2.05, 4.69) is 5.32 Å². The fraction of sp³-hybridized carbons (Fsp3) is 0.952. The summed E-state index contributed by atoms with van der Waals surface area (Å²) < 4.78 is 28.2. The third kappa shape index (κ3) is 6.32. The van der Waals surface area contributed by atoms with Crippen LogP contribution in [0, 0.1) is 0 Å². The Balaban J connectivity index is 1.80. The monoisotopic (exact) mass is 527 g/mol. The quantitative estimate of drug-likeness (QED) is 0.151. The van der Waals surface area contributed by atoms with Gasteiger partial charge in [-0.2, -0.15) is 0 Å². The fourth-order valence-corrected chi connectivity index (χ4v) is 4.54. The Kier molecular flexibility index (Phi) is 10.0. The maximum atomic E-state index is 11.7. The Morgan fingerprint density at radius 1 is 0.944 bits per heavy atom. The first-order valence-corrected chi connectivity index (χ1v) is 11.8. The number of amides is 1. The highest BCUT2D eigenvalue weighted by Crippen LogP contribution is 2.32. The summed E-state index contributed by atoms with van der Waals surface area (Å²) in [6.07, 6.45) is -19.7. The van der Waals surface area contributed by atoms with Crippen LogP contribution < -0.4 is 5.32 Å². The third-order valence-electron chi connectivity index (χ3n) is 6.62. The topological polar surface area (TPSA) is 237 Å². The average molecular weight is 528 g/mol. The first-order chi connectivity index (χ1) is 16.8. The zero-order chi connectivity index (χ0) is 26.9. The van der Waals surface area contributed by atoms with Crippen LogP contribution in [0.5, 0.6) is 0 Å². The van der Waals surface area contributed by atoms with Gasteiger partial charge in [-0.1, -0.05) is 0 Å². The second-order valence-corrected chi connectivity index (χ2v) is 9.43. The van der Waals surface area contributed by atoms with Gasteiger partial charge in [0, 0.05) is 13.3 Å². The van der Waals surface area contributed by atoms with Crippen molar-refractivity contribution in [2.24, 2.45) is 0 Å². The Hall–Kier alpha value is -1.05. The first kappa shape index (κ1) is 29.5. The van der Waals surface area contributed by atoms with Crippen molar-refractivity contribution in [1.29, 1.82) is 0 Å². The summed E-state index contributed by atoms with van der Waals surface area (Å²) in [4.78, 5) is 11.7. The summed E-state index contributed by atoms with van der Waals surface area (Å²) in [5.41, 5.74) is 0. The van der Waals surface area contributed by atoms with E-state index in [-0.39, 0.29) is 6.42 Å². The van der Waals surface area contributed by atoms with E-state index in [1.807, 2.05) is 0 Å². The molecule has 1 amide bonds. The van der Waals surface area contributed by atoms with Crippen molar-refractivity contribution >= 4 is 5.91 Å². The molecule has 36 heavy (non-hydrogen) atoms. The van der Waals surface area contributed by atoms with Gasteiger partial charge in [-0.15, -0.1) is 0 Å². The molecule has 15 atom stereocenters. The summed E-state index contributed by atoms with van der Waals surface area (Å²) in [5.74, 6) is -0.503. The molecule has 0 aromatic carbocycles. The lowest BCUT2D eigenvalue weighted by Gasteiger charge is -2.47. The van der Waals surface area contributed by atoms with Gasteiger partial charge in [-0.3, -0.25) is 4.79 Å². The molecule has 0 spiro atoms. The lowest BCUT2D eigenvalue weighted by molar-refractivity contribution is -0.363. The maximum Gasteiger partial charge on any atom is 0.217 e. The molecular formula is C21H37NO14. The molecule has 15 nitrogen and oxygen atoms in total. The van der Waals surface area contributed by atoms with Gasteiger partial charge in [-0.25, -0.2) is 0 Å². The second-order valence-electron chi connectivity index (χ2n) is 9.43. The van der Waals surface area contributed by atoms with Crippen LogP contribution >= 0.6 is 0 Å². The SMILES string of the molecule is CC(=O)N[C@H]1[C@H](O[C@@H]2[C@@H](O[C@H](C)[C@H]3OC(O)[C@H](O)[C@@H](O)[C@@H]3O)O[C@H](C)[C@@H](O)[C@@H]2O)O[C@H](CO)C[C@@H]1O. The summed E-state index contributed by atoms with van der Waals surface area (Å²) in [6.45, 7) is 3.63. The Bertz CT molecular complexity index is 731. The lowest BCUT2D eigenvalue weighted by atomic mass is 9.95. The highest BCUT2D eigenvalue weighted by atomic mass is 16.8. The smallest absolute Gasteiger partial charge is 0.217 e. The van der Waals surface area contributed by atoms with E-state index in [9.17, 15) is 45.6 Å². The van der Waals surface area contributed by atoms with Crippen LogP contribution in [0.2, 0.25) is 0 Å². The number of carbonyl (C=O) groups excluding carboxylic acids is 1. The van der Waals surface area contributed by atoms with Gasteiger partial charge in [0.15, 0.2) is 18.9 Å². The number of aliphatic hydroxyl groups excluding tert-OH is 8. The van der Waals surface area contributed by atoms with Gasteiger partial charge >= 0.3 is 0 Å². The summed E-state index contributed by atoms with van der Waals surface area (Å²) in [5, 5.41) is 83.5. The Labute approximate surface area is 207 Å². The minimum absolute atomic E-state index is 0.00490. The number of hydrogen-bond acceptors (Lipinski definition) is 14. The van der Waals surface area contributed by atoms with Gasteiger partial charge in [0.25, 0.3) is 0 Å².